The van der Waals surface area contributed by atoms with Crippen LogP contribution in [0, 0.1) is 17.8 Å². The highest BCUT2D eigenvalue weighted by Crippen LogP contribution is 2.59. The highest BCUT2D eigenvalue weighted by atomic mass is 32.1. The Bertz CT molecular complexity index is 3260. The number of amides is 9. The number of carbonyl (C=O) groups is 9. The van der Waals surface area contributed by atoms with E-state index in [1.54, 1.807) is 41.6 Å². The lowest BCUT2D eigenvalue weighted by atomic mass is 9.91. The number of carbonyl (C=O) groups excluding carboxylic acids is 9. The molecule has 26 heteroatoms. The number of nitrogens with one attached hydrogen (secondary N) is 4. The summed E-state index contributed by atoms with van der Waals surface area (Å²) in [5, 5.41) is 12.6. The third-order valence-corrected chi connectivity index (χ3v) is 18.8. The Morgan fingerprint density at radius 2 is 1.73 bits per heavy atom. The van der Waals surface area contributed by atoms with Gasteiger partial charge >= 0.3 is 13.3 Å². The van der Waals surface area contributed by atoms with E-state index >= 15 is 0 Å². The van der Waals surface area contributed by atoms with Crippen molar-refractivity contribution in [1.29, 1.82) is 0 Å². The largest absolute Gasteiger partial charge is 0.399 e. The van der Waals surface area contributed by atoms with Gasteiger partial charge in [-0.25, -0.2) is 0 Å². The fourth-order valence-corrected chi connectivity index (χ4v) is 13.6. The van der Waals surface area contributed by atoms with Crippen LogP contribution >= 0.6 is 30.3 Å². The number of thiophene rings is 2. The fourth-order valence-electron chi connectivity index (χ4n) is 11.4. The minimum Gasteiger partial charge on any atom is -0.370 e. The predicted molar refractivity (Wildman–Crippen MR) is 293 cm³/mol. The van der Waals surface area contributed by atoms with Crippen molar-refractivity contribution in [2.75, 3.05) is 33.2 Å². The number of hydrogen-bond acceptors (Lipinski definition) is 13. The molecule has 0 bridgehead atoms. The summed E-state index contributed by atoms with van der Waals surface area (Å²) in [6.45, 7) is 1.63. The maximum absolute atomic E-state index is 14.6. The van der Waals surface area contributed by atoms with Crippen LogP contribution in [0.3, 0.4) is 0 Å². The van der Waals surface area contributed by atoms with Gasteiger partial charge in [-0.3, -0.25) is 53.0 Å². The van der Waals surface area contributed by atoms with E-state index < -0.39 is 90.5 Å². The van der Waals surface area contributed by atoms with Crippen LogP contribution in [0.1, 0.15) is 125 Å². The molecule has 5 aliphatic rings. The lowest BCUT2D eigenvalue weighted by Crippen LogP contribution is -2.61. The average molecular weight is 1170 g/mol. The van der Waals surface area contributed by atoms with Crippen molar-refractivity contribution in [1.82, 2.24) is 40.9 Å². The fraction of sp³-hybridized carbons (Fsp3) is 0.473. The van der Waals surface area contributed by atoms with Crippen LogP contribution in [0.15, 0.2) is 60.0 Å². The molecule has 81 heavy (non-hydrogen) atoms. The second-order valence-electron chi connectivity index (χ2n) is 21.2. The molecule has 6 atom stereocenters. The number of nitrogens with two attached hydrogens (primary N) is 1. The maximum atomic E-state index is 14.6. The Morgan fingerprint density at radius 3 is 2.44 bits per heavy atom. The van der Waals surface area contributed by atoms with Gasteiger partial charge in [-0.05, 0) is 130 Å². The van der Waals surface area contributed by atoms with Gasteiger partial charge in [0.2, 0.25) is 35.4 Å². The zero-order valence-electron chi connectivity index (χ0n) is 44.2. The third kappa shape index (κ3) is 13.1. The lowest BCUT2D eigenvalue weighted by molar-refractivity contribution is -0.144. The molecule has 5 aliphatic heterocycles. The molecule has 0 aliphatic carbocycles. The first-order valence-electron chi connectivity index (χ1n) is 26.8. The van der Waals surface area contributed by atoms with E-state index in [-0.39, 0.29) is 73.2 Å². The molecule has 9 rings (SSSR count). The van der Waals surface area contributed by atoms with Crippen LogP contribution in [0.5, 0.6) is 0 Å². The zero-order chi connectivity index (χ0) is 57.9. The van der Waals surface area contributed by atoms with Gasteiger partial charge in [-0.15, -0.1) is 22.7 Å². The number of halogens is 2. The van der Waals surface area contributed by atoms with Gasteiger partial charge in [0, 0.05) is 77.8 Å². The highest BCUT2D eigenvalue weighted by Gasteiger charge is 2.51. The summed E-state index contributed by atoms with van der Waals surface area (Å²) in [6, 6.07) is 7.19. The summed E-state index contributed by atoms with van der Waals surface area (Å²) in [6.07, 6.45) is 4.73. The number of hydrogen-bond donors (Lipinski definition) is 7. The standard InChI is InChI=1S/C55H62F2N9O12PS2/c1-63-23-22-35-13-15-41(66(35)53(74)39(30-63)60-51(72)44-28-33-27-34(12-17-42(33)81-44)55(56,57)79(76,77)78)50(71)59-38(14-18-45(58)67)48(69)62-47(43-11-6-26-80-43)54(75)64-24-20-31(21-25-64)7-3-2-4-8-32-9-5-10-36-37(32)29-65(52(36)73)40-16-19-46(68)61-49(40)70/h5-6,9-12,17,26-28,31,35,38-41,47H,2-3,7,13-16,18-25,29-30H2,1H3,(H2,58,67)(H,59,71)(H,60,72)(H,62,69)(H,61,68,70)(H2,76,77,78)/t35-,38+,39+,40?,41+,47+/m1/s1. The molecule has 21 nitrogen and oxygen atoms in total. The normalized spacial score (nSPS) is 21.7. The molecular formula is C55H62F2N9O12PS2. The number of fused-ring (bicyclic) bond motifs is 3. The van der Waals surface area contributed by atoms with Crippen molar-refractivity contribution in [2.24, 2.45) is 11.7 Å². The number of unbranched alkanes of at least 4 members (excludes halogenated alkanes) is 1. The summed E-state index contributed by atoms with van der Waals surface area (Å²) in [7, 11) is -4.09. The second-order valence-corrected chi connectivity index (χ2v) is 24.9. The summed E-state index contributed by atoms with van der Waals surface area (Å²) >= 11 is 2.19. The Hall–Kier alpha value is -6.94. The van der Waals surface area contributed by atoms with Gasteiger partial charge in [0.15, 0.2) is 0 Å². The highest BCUT2D eigenvalue weighted by molar-refractivity contribution is 7.52. The molecule has 4 fully saturated rings. The molecule has 4 aromatic rings. The van der Waals surface area contributed by atoms with Crippen LogP contribution in [0.25, 0.3) is 10.1 Å². The van der Waals surface area contributed by atoms with Crippen molar-refractivity contribution >= 4 is 93.5 Å². The van der Waals surface area contributed by atoms with Crippen LogP contribution in [0.4, 0.5) is 8.78 Å². The Kier molecular flexibility index (Phi) is 17.9. The molecule has 0 radical (unpaired) electrons. The quantitative estimate of drug-likeness (QED) is 0.0343. The third-order valence-electron chi connectivity index (χ3n) is 15.8. The number of benzene rings is 2. The topological polar surface area (TPSA) is 298 Å². The summed E-state index contributed by atoms with van der Waals surface area (Å²) < 4.78 is 41.0. The molecular weight excluding hydrogens is 1110 g/mol. The molecule has 9 amide bonds. The Morgan fingerprint density at radius 1 is 0.951 bits per heavy atom. The summed E-state index contributed by atoms with van der Waals surface area (Å²) in [5.41, 5.74) is 2.11. The molecule has 430 valence electrons. The van der Waals surface area contributed by atoms with E-state index in [2.05, 4.69) is 33.1 Å². The van der Waals surface area contributed by atoms with E-state index in [0.717, 1.165) is 41.9 Å². The van der Waals surface area contributed by atoms with Crippen LogP contribution in [-0.4, -0.2) is 146 Å². The van der Waals surface area contributed by atoms with Gasteiger partial charge in [0.1, 0.15) is 30.2 Å². The van der Waals surface area contributed by atoms with Gasteiger partial charge in [-0.2, -0.15) is 8.78 Å². The Balaban J connectivity index is 0.806. The van der Waals surface area contributed by atoms with Gasteiger partial charge in [0.05, 0.1) is 4.88 Å². The lowest BCUT2D eigenvalue weighted by Gasteiger charge is -2.38. The zero-order valence-corrected chi connectivity index (χ0v) is 46.7. The predicted octanol–water partition coefficient (Wildman–Crippen LogP) is 3.81. The minimum atomic E-state index is -5.86. The molecule has 4 saturated heterocycles. The number of rotatable bonds is 17. The van der Waals surface area contributed by atoms with E-state index in [0.29, 0.717) is 78.4 Å². The van der Waals surface area contributed by atoms with Crippen molar-refractivity contribution < 1.29 is 66.3 Å². The first kappa shape index (κ1) is 58.7. The van der Waals surface area contributed by atoms with Crippen molar-refractivity contribution in [3.8, 4) is 11.8 Å². The van der Waals surface area contributed by atoms with E-state index in [1.807, 2.05) is 11.0 Å². The first-order chi connectivity index (χ1) is 38.6. The van der Waals surface area contributed by atoms with Crippen LogP contribution in [-0.2, 0) is 50.3 Å². The molecule has 1 unspecified atom stereocenters. The average Bonchev–Trinajstić information content (AvgIpc) is 4.45. The molecule has 2 aromatic carbocycles. The van der Waals surface area contributed by atoms with E-state index in [4.69, 9.17) is 5.73 Å². The van der Waals surface area contributed by atoms with Gasteiger partial charge in [-0.1, -0.05) is 30.0 Å². The minimum absolute atomic E-state index is 0.0337. The first-order valence-corrected chi connectivity index (χ1v) is 30.1. The second kappa shape index (κ2) is 24.6. The number of piperidine rings is 2. The van der Waals surface area contributed by atoms with Gasteiger partial charge in [0.25, 0.3) is 17.7 Å². The number of likely N-dealkylation sites (tertiary alicyclic amines) is 1. The summed E-state index contributed by atoms with van der Waals surface area (Å²) in [5.74, 6) is 1.88. The Labute approximate surface area is 472 Å². The molecule has 2 aromatic heterocycles. The maximum Gasteiger partial charge on any atom is 0.399 e. The molecule has 8 N–H and O–H groups in total. The smallest absolute Gasteiger partial charge is 0.370 e. The molecule has 7 heterocycles. The number of likely N-dealkylation sites (N-methyl/N-ethyl adjacent to an activating group) is 1. The number of nitrogens with zero attached hydrogens (tertiary/aromatic N) is 4. The number of alkyl halides is 2. The van der Waals surface area contributed by atoms with Gasteiger partial charge < -0.3 is 51.1 Å². The SMILES string of the molecule is CN1CC[C@H]2CC[C@@H](C(=O)N[C@@H](CCC(N)=O)C(=O)N[C@H](C(=O)N3CCC(CCCC#Cc4cccc5c4CN(C4CCC(=O)NC4=O)C5=O)CC3)c3cccs3)N2C(=O)[C@@H](NC(=O)c2cc3cc(C(F)(F)P(=O)(O)O)ccc3s2)C1. The van der Waals surface area contributed by atoms with Crippen LogP contribution in [0.2, 0.25) is 0 Å². The summed E-state index contributed by atoms with van der Waals surface area (Å²) in [4.78, 5) is 147. The van der Waals surface area contributed by atoms with Crippen molar-refractivity contribution in [3.63, 3.8) is 0 Å². The van der Waals surface area contributed by atoms with Crippen molar-refractivity contribution in [3.05, 3.63) is 92.0 Å². The van der Waals surface area contributed by atoms with Crippen molar-refractivity contribution in [2.45, 2.75) is 126 Å². The van der Waals surface area contributed by atoms with E-state index in [1.165, 1.54) is 33.3 Å². The molecule has 0 saturated carbocycles. The monoisotopic (exact) mass is 1170 g/mol. The van der Waals surface area contributed by atoms with Crippen LogP contribution < -0.4 is 27.0 Å². The molecule has 0 spiro atoms. The number of primary amides is 1. The van der Waals surface area contributed by atoms with E-state index in [9.17, 15) is 66.3 Å². The number of imide groups is 1.